The van der Waals surface area contributed by atoms with Crippen molar-refractivity contribution in [2.45, 2.75) is 54.0 Å². The van der Waals surface area contributed by atoms with Crippen LogP contribution in [0.3, 0.4) is 0 Å². The summed E-state index contributed by atoms with van der Waals surface area (Å²) >= 11 is 0. The number of aryl methyl sites for hydroxylation is 6. The molecule has 6 aromatic carbocycles. The van der Waals surface area contributed by atoms with Crippen molar-refractivity contribution in [3.05, 3.63) is 190 Å². The van der Waals surface area contributed by atoms with Crippen molar-refractivity contribution in [1.29, 1.82) is 0 Å². The monoisotopic (exact) mass is 673 g/mol. The van der Waals surface area contributed by atoms with Gasteiger partial charge in [0.15, 0.2) is 0 Å². The first kappa shape index (κ1) is 32.2. The third-order valence-electron chi connectivity index (χ3n) is 11.2. The average Bonchev–Trinajstić information content (AvgIpc) is 3.14. The van der Waals surface area contributed by atoms with E-state index in [1.165, 1.54) is 95.3 Å². The second-order valence-electron chi connectivity index (χ2n) is 15.1. The second kappa shape index (κ2) is 12.5. The fourth-order valence-electron chi connectivity index (χ4n) is 8.60. The number of fused-ring (bicyclic) bond motifs is 4. The molecule has 6 aromatic rings. The van der Waals surface area contributed by atoms with Gasteiger partial charge in [-0.3, -0.25) is 0 Å². The van der Waals surface area contributed by atoms with Crippen LogP contribution in [0.1, 0.15) is 39.8 Å². The van der Waals surface area contributed by atoms with E-state index in [0.717, 1.165) is 6.42 Å². The lowest BCUT2D eigenvalue weighted by atomic mass is 9.31. The van der Waals surface area contributed by atoms with Crippen LogP contribution < -0.4 is 25.6 Å². The van der Waals surface area contributed by atoms with Gasteiger partial charge < -0.3 is 14.7 Å². The first-order valence-corrected chi connectivity index (χ1v) is 18.6. The van der Waals surface area contributed by atoms with Gasteiger partial charge in [-0.1, -0.05) is 106 Å². The van der Waals surface area contributed by atoms with Crippen LogP contribution in [0, 0.1) is 41.5 Å². The van der Waals surface area contributed by atoms with E-state index in [9.17, 15) is 0 Å². The van der Waals surface area contributed by atoms with Crippen molar-refractivity contribution >= 4 is 51.8 Å². The van der Waals surface area contributed by atoms with Gasteiger partial charge in [0.2, 0.25) is 6.71 Å². The molecule has 0 aromatic heterocycles. The molecule has 1 unspecified atom stereocenters. The molecule has 0 N–H and O–H groups in total. The van der Waals surface area contributed by atoms with Crippen LogP contribution in [0.5, 0.6) is 0 Å². The van der Waals surface area contributed by atoms with Crippen LogP contribution in [-0.4, -0.2) is 12.8 Å². The quantitative estimate of drug-likeness (QED) is 0.169. The minimum absolute atomic E-state index is 0.0814. The highest BCUT2D eigenvalue weighted by Gasteiger charge is 2.49. The molecule has 9 rings (SSSR count). The summed E-state index contributed by atoms with van der Waals surface area (Å²) in [4.78, 5) is 7.68. The van der Waals surface area contributed by atoms with Gasteiger partial charge in [-0.25, -0.2) is 0 Å². The molecule has 1 atom stereocenters. The lowest BCUT2D eigenvalue weighted by Crippen LogP contribution is -2.61. The molecule has 4 heteroatoms. The maximum atomic E-state index is 2.64. The van der Waals surface area contributed by atoms with E-state index in [4.69, 9.17) is 0 Å². The zero-order chi connectivity index (χ0) is 35.7. The minimum Gasteiger partial charge on any atom is -0.335 e. The average molecular weight is 674 g/mol. The first-order chi connectivity index (χ1) is 25.2. The van der Waals surface area contributed by atoms with E-state index in [0.29, 0.717) is 0 Å². The lowest BCUT2D eigenvalue weighted by Gasteiger charge is -2.51. The van der Waals surface area contributed by atoms with Gasteiger partial charge in [0.05, 0.1) is 6.04 Å². The number of allylic oxidation sites excluding steroid dienone is 1. The summed E-state index contributed by atoms with van der Waals surface area (Å²) in [5, 5.41) is 0. The minimum atomic E-state index is 0.0814. The van der Waals surface area contributed by atoms with Crippen molar-refractivity contribution in [1.82, 2.24) is 0 Å². The number of benzene rings is 6. The third-order valence-corrected chi connectivity index (χ3v) is 11.2. The predicted octanol–water partition coefficient (Wildman–Crippen LogP) is 10.7. The largest absolute Gasteiger partial charge is 0.335 e. The van der Waals surface area contributed by atoms with Gasteiger partial charge in [0.1, 0.15) is 0 Å². The summed E-state index contributed by atoms with van der Waals surface area (Å²) in [6.45, 7) is 13.3. The topological polar surface area (TPSA) is 9.72 Å². The molecule has 254 valence electrons. The van der Waals surface area contributed by atoms with Gasteiger partial charge in [-0.15, -0.1) is 0 Å². The molecule has 0 fully saturated rings. The van der Waals surface area contributed by atoms with Gasteiger partial charge in [0.25, 0.3) is 0 Å². The third kappa shape index (κ3) is 5.37. The summed E-state index contributed by atoms with van der Waals surface area (Å²) < 4.78 is 0. The Kier molecular flexibility index (Phi) is 7.73. The molecule has 0 radical (unpaired) electrons. The van der Waals surface area contributed by atoms with Gasteiger partial charge >= 0.3 is 0 Å². The van der Waals surface area contributed by atoms with E-state index >= 15 is 0 Å². The van der Waals surface area contributed by atoms with Crippen molar-refractivity contribution in [2.24, 2.45) is 0 Å². The Balaban J connectivity index is 1.37. The normalized spacial score (nSPS) is 15.9. The van der Waals surface area contributed by atoms with Gasteiger partial charge in [-0.2, -0.15) is 0 Å². The fourth-order valence-corrected chi connectivity index (χ4v) is 8.60. The molecule has 3 nitrogen and oxygen atoms in total. The Morgan fingerprint density at radius 1 is 0.500 bits per heavy atom. The molecule has 0 amide bonds. The van der Waals surface area contributed by atoms with Gasteiger partial charge in [-0.05, 0) is 125 Å². The molecule has 2 heterocycles. The number of hydrogen-bond acceptors (Lipinski definition) is 3. The van der Waals surface area contributed by atoms with Crippen molar-refractivity contribution < 1.29 is 0 Å². The summed E-state index contributed by atoms with van der Waals surface area (Å²) in [7, 11) is 0. The zero-order valence-corrected chi connectivity index (χ0v) is 31.0. The first-order valence-electron chi connectivity index (χ1n) is 18.6. The van der Waals surface area contributed by atoms with Crippen LogP contribution in [0.2, 0.25) is 0 Å². The Bertz CT molecular complexity index is 2340. The molecule has 0 spiro atoms. The van der Waals surface area contributed by atoms with Crippen LogP contribution in [0.4, 0.5) is 34.1 Å². The highest BCUT2D eigenvalue weighted by molar-refractivity contribution is 6.94. The molecule has 0 bridgehead atoms. The Hall–Kier alpha value is -5.74. The van der Waals surface area contributed by atoms with Crippen molar-refractivity contribution in [2.75, 3.05) is 14.7 Å². The maximum Gasteiger partial charge on any atom is 0.247 e. The van der Waals surface area contributed by atoms with Crippen LogP contribution in [-0.2, 0) is 0 Å². The smallest absolute Gasteiger partial charge is 0.247 e. The predicted molar refractivity (Wildman–Crippen MR) is 222 cm³/mol. The van der Waals surface area contributed by atoms with E-state index in [-0.39, 0.29) is 12.8 Å². The molecular weight excluding hydrogens is 629 g/mol. The molecule has 0 saturated heterocycles. The van der Waals surface area contributed by atoms with E-state index in [1.54, 1.807) is 0 Å². The number of anilines is 6. The Labute approximate surface area is 309 Å². The molecule has 2 aliphatic heterocycles. The highest BCUT2D eigenvalue weighted by atomic mass is 15.2. The van der Waals surface area contributed by atoms with E-state index in [1.807, 2.05) is 0 Å². The number of rotatable bonds is 5. The van der Waals surface area contributed by atoms with E-state index < -0.39 is 0 Å². The van der Waals surface area contributed by atoms with Crippen molar-refractivity contribution in [3.63, 3.8) is 0 Å². The molecule has 3 aliphatic rings. The standard InChI is InChI=1S/C48H44BN3/c1-31-7-17-37(18-8-31)50(38-19-9-32(2)10-20-38)41-29-46-48-47(30-41)52(40-23-13-34(4)14-24-40)45-26-16-36(6)28-43(45)49(48)42-27-35(5)15-25-44(42)51(46)39-21-11-33(3)12-22-39/h7-29,47H,30H2,1-6H3. The van der Waals surface area contributed by atoms with Crippen LogP contribution >= 0.6 is 0 Å². The molecular formula is C48H44BN3. The molecule has 0 saturated carbocycles. The van der Waals surface area contributed by atoms with Crippen LogP contribution in [0.25, 0.3) is 0 Å². The summed E-state index contributed by atoms with van der Waals surface area (Å²) in [5.74, 6) is 0. The second-order valence-corrected chi connectivity index (χ2v) is 15.1. The van der Waals surface area contributed by atoms with Crippen LogP contribution in [0.15, 0.2) is 156 Å². The SMILES string of the molecule is Cc1ccc(N(C2=CC3=C4B(c5cc(C)ccc5N3c3ccc(C)cc3)c3cc(C)ccc3N(c3ccc(C)cc3)C4C2)c2ccc(C)cc2)cc1. The maximum absolute atomic E-state index is 2.64. The molecule has 1 aliphatic carbocycles. The molecule has 52 heavy (non-hydrogen) atoms. The lowest BCUT2D eigenvalue weighted by molar-refractivity contribution is 0.715. The number of nitrogens with zero attached hydrogens (tertiary/aromatic N) is 3. The Morgan fingerprint density at radius 3 is 1.48 bits per heavy atom. The summed E-state index contributed by atoms with van der Waals surface area (Å²) in [6, 6.07) is 50.5. The highest BCUT2D eigenvalue weighted by Crippen LogP contribution is 2.49. The van der Waals surface area contributed by atoms with E-state index in [2.05, 4.69) is 196 Å². The van der Waals surface area contributed by atoms with Crippen molar-refractivity contribution in [3.8, 4) is 0 Å². The summed E-state index contributed by atoms with van der Waals surface area (Å²) in [5.41, 5.74) is 21.7. The fraction of sp³-hybridized carbons (Fsp3) is 0.167. The van der Waals surface area contributed by atoms with Gasteiger partial charge in [0, 0.05) is 51.9 Å². The summed E-state index contributed by atoms with van der Waals surface area (Å²) in [6.07, 6.45) is 3.36. The Morgan fingerprint density at radius 2 is 0.942 bits per heavy atom. The number of hydrogen-bond donors (Lipinski definition) is 0. The zero-order valence-electron chi connectivity index (χ0n) is 31.0.